The fourth-order valence-electron chi connectivity index (χ4n) is 1.20. The minimum absolute atomic E-state index is 0.387. The van der Waals surface area contributed by atoms with Crippen molar-refractivity contribution < 1.29 is 0 Å². The molecule has 1 rings (SSSR count). The van der Waals surface area contributed by atoms with Crippen molar-refractivity contribution in [3.63, 3.8) is 0 Å². The van der Waals surface area contributed by atoms with Gasteiger partial charge in [-0.05, 0) is 12.5 Å². The summed E-state index contributed by atoms with van der Waals surface area (Å²) >= 11 is 11.8. The van der Waals surface area contributed by atoms with Crippen molar-refractivity contribution >= 4 is 28.9 Å². The van der Waals surface area contributed by atoms with Gasteiger partial charge in [0, 0.05) is 5.56 Å². The molecule has 0 aliphatic heterocycles. The molecule has 2 nitrogen and oxygen atoms in total. The summed E-state index contributed by atoms with van der Waals surface area (Å²) in [7, 11) is 0. The second-order valence-corrected chi connectivity index (χ2v) is 3.74. The van der Waals surface area contributed by atoms with Crippen LogP contribution < -0.4 is 5.73 Å². The minimum Gasteiger partial charge on any atom is -0.397 e. The molecule has 0 heterocycles. The Bertz CT molecular complexity index is 444. The topological polar surface area (TPSA) is 49.8 Å². The Hall–Kier alpha value is -1.17. The molecule has 0 atom stereocenters. The van der Waals surface area contributed by atoms with Crippen molar-refractivity contribution in [3.8, 4) is 6.07 Å². The average Bonchev–Trinajstić information content (AvgIpc) is 2.23. The lowest BCUT2D eigenvalue weighted by atomic mass is 10.1. The Morgan fingerprint density at radius 3 is 2.67 bits per heavy atom. The summed E-state index contributed by atoms with van der Waals surface area (Å²) < 4.78 is 0. The third-order valence-corrected chi connectivity index (χ3v) is 2.87. The number of hydrogen-bond donors (Lipinski definition) is 1. The number of halogens is 2. The van der Waals surface area contributed by atoms with Crippen LogP contribution >= 0.6 is 23.2 Å². The van der Waals surface area contributed by atoms with E-state index in [1.165, 1.54) is 0 Å². The van der Waals surface area contributed by atoms with E-state index in [0.717, 1.165) is 0 Å². The smallest absolute Gasteiger partial charge is 0.0968 e. The number of allylic oxidation sites excluding steroid dienone is 1. The molecule has 1 aromatic carbocycles. The van der Waals surface area contributed by atoms with Crippen LogP contribution in [-0.4, -0.2) is 0 Å². The molecule has 78 valence electrons. The van der Waals surface area contributed by atoms with Crippen LogP contribution in [0.3, 0.4) is 0 Å². The van der Waals surface area contributed by atoms with Gasteiger partial charge in [0.15, 0.2) is 0 Å². The predicted molar refractivity (Wildman–Crippen MR) is 63.5 cm³/mol. The predicted octanol–water partition coefficient (Wildman–Crippen LogP) is 3.60. The monoisotopic (exact) mass is 240 g/mol. The normalized spacial score (nSPS) is 11.9. The first kappa shape index (κ1) is 11.9. The molecular weight excluding hydrogens is 231 g/mol. The van der Waals surface area contributed by atoms with E-state index in [2.05, 4.69) is 0 Å². The zero-order chi connectivity index (χ0) is 11.4. The summed E-state index contributed by atoms with van der Waals surface area (Å²) in [6.07, 6.45) is 0.575. The van der Waals surface area contributed by atoms with Gasteiger partial charge in [-0.1, -0.05) is 42.3 Å². The van der Waals surface area contributed by atoms with Crippen LogP contribution in [0.2, 0.25) is 10.0 Å². The van der Waals surface area contributed by atoms with Crippen LogP contribution in [0.5, 0.6) is 0 Å². The molecule has 0 fully saturated rings. The maximum absolute atomic E-state index is 8.85. The van der Waals surface area contributed by atoms with Crippen LogP contribution in [0.4, 0.5) is 0 Å². The van der Waals surface area contributed by atoms with Gasteiger partial charge in [0.25, 0.3) is 0 Å². The molecule has 0 radical (unpaired) electrons. The van der Waals surface area contributed by atoms with Crippen LogP contribution in [0, 0.1) is 11.3 Å². The number of nitrogens with zero attached hydrogens (tertiary/aromatic N) is 1. The molecule has 0 aromatic heterocycles. The van der Waals surface area contributed by atoms with Gasteiger partial charge >= 0.3 is 0 Å². The minimum atomic E-state index is 0.387. The lowest BCUT2D eigenvalue weighted by Crippen LogP contribution is -2.01. The van der Waals surface area contributed by atoms with Crippen molar-refractivity contribution in [3.05, 3.63) is 39.4 Å². The Kier molecular flexibility index (Phi) is 4.02. The van der Waals surface area contributed by atoms with E-state index in [-0.39, 0.29) is 0 Å². The third kappa shape index (κ3) is 2.44. The highest BCUT2D eigenvalue weighted by molar-refractivity contribution is 6.43. The van der Waals surface area contributed by atoms with E-state index in [1.54, 1.807) is 18.2 Å². The first-order chi connectivity index (χ1) is 7.11. The van der Waals surface area contributed by atoms with E-state index in [1.807, 2.05) is 13.0 Å². The second-order valence-electron chi connectivity index (χ2n) is 2.96. The third-order valence-electron chi connectivity index (χ3n) is 2.06. The van der Waals surface area contributed by atoms with Gasteiger partial charge < -0.3 is 5.73 Å². The van der Waals surface area contributed by atoms with Gasteiger partial charge in [-0.25, -0.2) is 0 Å². The largest absolute Gasteiger partial charge is 0.397 e. The Labute approximate surface area is 98.9 Å². The van der Waals surface area contributed by atoms with Crippen LogP contribution in [0.15, 0.2) is 23.8 Å². The zero-order valence-electron chi connectivity index (χ0n) is 8.22. The summed E-state index contributed by atoms with van der Waals surface area (Å²) in [5.74, 6) is 0. The highest BCUT2D eigenvalue weighted by Crippen LogP contribution is 2.30. The molecule has 0 aliphatic carbocycles. The van der Waals surface area contributed by atoms with Gasteiger partial charge in [-0.15, -0.1) is 0 Å². The Balaban J connectivity index is 3.35. The Morgan fingerprint density at radius 2 is 2.13 bits per heavy atom. The summed E-state index contributed by atoms with van der Waals surface area (Å²) in [5, 5.41) is 9.68. The maximum Gasteiger partial charge on any atom is 0.0968 e. The quantitative estimate of drug-likeness (QED) is 0.804. The first-order valence-electron chi connectivity index (χ1n) is 4.44. The number of rotatable bonds is 2. The van der Waals surface area contributed by atoms with Gasteiger partial charge in [0.05, 0.1) is 27.4 Å². The van der Waals surface area contributed by atoms with Crippen molar-refractivity contribution in [2.24, 2.45) is 5.73 Å². The van der Waals surface area contributed by atoms with Crippen molar-refractivity contribution in [1.29, 1.82) is 5.26 Å². The molecule has 0 bridgehead atoms. The van der Waals surface area contributed by atoms with Crippen molar-refractivity contribution in [2.45, 2.75) is 13.3 Å². The lowest BCUT2D eigenvalue weighted by molar-refractivity contribution is 1.14. The maximum atomic E-state index is 8.85. The SMILES string of the molecule is CC/C(C#N)=C(/N)c1cccc(Cl)c1Cl. The molecule has 4 heteroatoms. The first-order valence-corrected chi connectivity index (χ1v) is 5.20. The molecule has 0 aliphatic rings. The highest BCUT2D eigenvalue weighted by Gasteiger charge is 2.09. The van der Waals surface area contributed by atoms with Crippen LogP contribution in [0.25, 0.3) is 5.70 Å². The van der Waals surface area contributed by atoms with Crippen LogP contribution in [0.1, 0.15) is 18.9 Å². The molecule has 0 amide bonds. The van der Waals surface area contributed by atoms with Gasteiger partial charge in [0.1, 0.15) is 0 Å². The van der Waals surface area contributed by atoms with E-state index < -0.39 is 0 Å². The second kappa shape index (κ2) is 5.06. The number of benzene rings is 1. The molecule has 15 heavy (non-hydrogen) atoms. The molecule has 1 aromatic rings. The number of nitriles is 1. The van der Waals surface area contributed by atoms with Crippen molar-refractivity contribution in [1.82, 2.24) is 0 Å². The van der Waals surface area contributed by atoms with E-state index >= 15 is 0 Å². The molecule has 0 spiro atoms. The number of nitrogens with two attached hydrogens (primary N) is 1. The molecule has 0 unspecified atom stereocenters. The van der Waals surface area contributed by atoms with E-state index in [9.17, 15) is 0 Å². The summed E-state index contributed by atoms with van der Waals surface area (Å²) in [6.45, 7) is 1.86. The van der Waals surface area contributed by atoms with Gasteiger partial charge in [0.2, 0.25) is 0 Å². The standard InChI is InChI=1S/C11H10Cl2N2/c1-2-7(6-14)11(15)8-4-3-5-9(12)10(8)13/h3-5H,2,15H2,1H3/b11-7-. The summed E-state index contributed by atoms with van der Waals surface area (Å²) in [6, 6.07) is 7.23. The fraction of sp³-hybridized carbons (Fsp3) is 0.182. The van der Waals surface area contributed by atoms with Crippen LogP contribution in [-0.2, 0) is 0 Å². The van der Waals surface area contributed by atoms with Gasteiger partial charge in [-0.2, -0.15) is 5.26 Å². The number of hydrogen-bond acceptors (Lipinski definition) is 2. The van der Waals surface area contributed by atoms with E-state index in [0.29, 0.717) is 33.3 Å². The molecule has 0 saturated heterocycles. The lowest BCUT2D eigenvalue weighted by Gasteiger charge is -2.07. The highest BCUT2D eigenvalue weighted by atomic mass is 35.5. The molecule has 2 N–H and O–H groups in total. The van der Waals surface area contributed by atoms with E-state index in [4.69, 9.17) is 34.2 Å². The summed E-state index contributed by atoms with van der Waals surface area (Å²) in [4.78, 5) is 0. The average molecular weight is 241 g/mol. The fourth-order valence-corrected chi connectivity index (χ4v) is 1.61. The molecular formula is C11H10Cl2N2. The van der Waals surface area contributed by atoms with Crippen molar-refractivity contribution in [2.75, 3.05) is 0 Å². The Morgan fingerprint density at radius 1 is 1.47 bits per heavy atom. The summed E-state index contributed by atoms with van der Waals surface area (Å²) in [5.41, 5.74) is 7.37. The molecule has 0 saturated carbocycles. The van der Waals surface area contributed by atoms with Gasteiger partial charge in [-0.3, -0.25) is 0 Å². The zero-order valence-corrected chi connectivity index (χ0v) is 9.73.